The molecule has 2 aliphatic rings. The van der Waals surface area contributed by atoms with Crippen molar-refractivity contribution in [2.75, 3.05) is 47.1 Å². The number of esters is 1. The van der Waals surface area contributed by atoms with Crippen molar-refractivity contribution in [3.05, 3.63) is 29.8 Å². The Balaban J connectivity index is 2.07. The Morgan fingerprint density at radius 2 is 1.97 bits per heavy atom. The summed E-state index contributed by atoms with van der Waals surface area (Å²) in [6, 6.07) is 6.43. The predicted octanol–water partition coefficient (Wildman–Crippen LogP) is 1.73. The van der Waals surface area contributed by atoms with Gasteiger partial charge in [-0.1, -0.05) is 12.1 Å². The third kappa shape index (κ3) is 4.81. The van der Waals surface area contributed by atoms with Crippen LogP contribution in [-0.2, 0) is 28.5 Å². The van der Waals surface area contributed by atoms with Gasteiger partial charge in [-0.3, -0.25) is 14.5 Å². The van der Waals surface area contributed by atoms with E-state index in [0.717, 1.165) is 0 Å². The Morgan fingerprint density at radius 1 is 1.22 bits per heavy atom. The highest BCUT2D eigenvalue weighted by atomic mass is 16.6. The minimum Gasteiger partial charge on any atom is -0.497 e. The van der Waals surface area contributed by atoms with E-state index >= 15 is 0 Å². The van der Waals surface area contributed by atoms with Crippen molar-refractivity contribution in [2.45, 2.75) is 38.1 Å². The van der Waals surface area contributed by atoms with E-state index in [4.69, 9.17) is 23.7 Å². The van der Waals surface area contributed by atoms with Gasteiger partial charge in [0.05, 0.1) is 40.0 Å². The smallest absolute Gasteiger partial charge is 0.413 e. The number of carbonyl (C=O) groups is 3. The second-order valence-electron chi connectivity index (χ2n) is 8.58. The molecule has 0 N–H and O–H groups in total. The van der Waals surface area contributed by atoms with E-state index < -0.39 is 35.3 Å². The molecule has 0 radical (unpaired) electrons. The molecule has 1 aromatic rings. The molecule has 32 heavy (non-hydrogen) atoms. The van der Waals surface area contributed by atoms with E-state index in [1.54, 1.807) is 45.0 Å². The van der Waals surface area contributed by atoms with E-state index in [1.165, 1.54) is 24.0 Å². The molecule has 3 rings (SSSR count). The van der Waals surface area contributed by atoms with E-state index in [1.807, 2.05) is 0 Å². The van der Waals surface area contributed by atoms with Crippen LogP contribution in [0.15, 0.2) is 24.3 Å². The fourth-order valence-electron chi connectivity index (χ4n) is 3.76. The molecule has 1 aromatic carbocycles. The number of nitrogens with zero attached hydrogens (tertiary/aromatic N) is 2. The molecule has 2 heterocycles. The average molecular weight is 450 g/mol. The van der Waals surface area contributed by atoms with Gasteiger partial charge in [0.15, 0.2) is 0 Å². The molecular weight excluding hydrogens is 420 g/mol. The van der Waals surface area contributed by atoms with Crippen LogP contribution in [0.4, 0.5) is 4.79 Å². The van der Waals surface area contributed by atoms with Gasteiger partial charge in [0.2, 0.25) is 0 Å². The lowest BCUT2D eigenvalue weighted by molar-refractivity contribution is -0.243. The maximum Gasteiger partial charge on any atom is 0.413 e. The number of rotatable bonds is 4. The van der Waals surface area contributed by atoms with Crippen LogP contribution >= 0.6 is 0 Å². The molecule has 2 aliphatic heterocycles. The predicted molar refractivity (Wildman–Crippen MR) is 112 cm³/mol. The van der Waals surface area contributed by atoms with Crippen LogP contribution in [0, 0.1) is 0 Å². The normalized spacial score (nSPS) is 23.8. The van der Waals surface area contributed by atoms with Gasteiger partial charge in [-0.2, -0.15) is 0 Å². The van der Waals surface area contributed by atoms with Gasteiger partial charge in [0.1, 0.15) is 24.5 Å². The molecule has 2 unspecified atom stereocenters. The molecule has 2 atom stereocenters. The summed E-state index contributed by atoms with van der Waals surface area (Å²) in [7, 11) is 2.78. The van der Waals surface area contributed by atoms with E-state index in [9.17, 15) is 14.4 Å². The van der Waals surface area contributed by atoms with Gasteiger partial charge in [-0.05, 0) is 38.5 Å². The third-order valence-electron chi connectivity index (χ3n) is 5.25. The summed E-state index contributed by atoms with van der Waals surface area (Å²) < 4.78 is 27.1. The molecule has 1 spiro atoms. The topological polar surface area (TPSA) is 104 Å². The van der Waals surface area contributed by atoms with E-state index in [0.29, 0.717) is 11.3 Å². The van der Waals surface area contributed by atoms with Crippen LogP contribution in [0.1, 0.15) is 32.4 Å². The first-order valence-corrected chi connectivity index (χ1v) is 10.4. The molecule has 10 nitrogen and oxygen atoms in total. The fraction of sp³-hybridized carbons (Fsp3) is 0.591. The summed E-state index contributed by atoms with van der Waals surface area (Å²) in [5, 5.41) is 0. The number of methoxy groups -OCH3 is 2. The van der Waals surface area contributed by atoms with Gasteiger partial charge in [0.25, 0.3) is 11.6 Å². The zero-order valence-electron chi connectivity index (χ0n) is 19.1. The van der Waals surface area contributed by atoms with Gasteiger partial charge < -0.3 is 28.6 Å². The lowest BCUT2D eigenvalue weighted by atomic mass is 9.96. The first-order valence-electron chi connectivity index (χ1n) is 10.4. The largest absolute Gasteiger partial charge is 0.497 e. The Labute approximate surface area is 187 Å². The number of hydrogen-bond donors (Lipinski definition) is 0. The molecule has 0 saturated carbocycles. The van der Waals surface area contributed by atoms with Crippen LogP contribution in [0.2, 0.25) is 0 Å². The SMILES string of the molecule is COC(=O)CN1C(=O)C2(COCCO2)N(C(=O)OC(C)(C)C)CC1c1cccc(OC)c1. The molecule has 2 saturated heterocycles. The summed E-state index contributed by atoms with van der Waals surface area (Å²) >= 11 is 0. The van der Waals surface area contributed by atoms with E-state index in [2.05, 4.69) is 0 Å². The molecule has 2 amide bonds. The zero-order chi connectivity index (χ0) is 23.5. The monoisotopic (exact) mass is 450 g/mol. The highest BCUT2D eigenvalue weighted by Gasteiger charge is 2.58. The molecule has 0 bridgehead atoms. The van der Waals surface area contributed by atoms with Crippen molar-refractivity contribution in [1.82, 2.24) is 9.80 Å². The van der Waals surface area contributed by atoms with Crippen molar-refractivity contribution in [2.24, 2.45) is 0 Å². The van der Waals surface area contributed by atoms with Crippen LogP contribution in [0.5, 0.6) is 5.75 Å². The van der Waals surface area contributed by atoms with E-state index in [-0.39, 0.29) is 32.9 Å². The quantitative estimate of drug-likeness (QED) is 0.639. The van der Waals surface area contributed by atoms with Gasteiger partial charge in [0, 0.05) is 0 Å². The minimum atomic E-state index is -1.73. The number of hydrogen-bond acceptors (Lipinski definition) is 8. The first kappa shape index (κ1) is 23.8. The van der Waals surface area contributed by atoms with Crippen LogP contribution < -0.4 is 4.74 Å². The van der Waals surface area contributed by atoms with Crippen molar-refractivity contribution in [1.29, 1.82) is 0 Å². The number of carbonyl (C=O) groups excluding carboxylic acids is 3. The molecule has 176 valence electrons. The molecule has 0 aromatic heterocycles. The number of ether oxygens (including phenoxy) is 5. The Kier molecular flexibility index (Phi) is 6.94. The highest BCUT2D eigenvalue weighted by molar-refractivity contribution is 5.92. The summed E-state index contributed by atoms with van der Waals surface area (Å²) in [6.07, 6.45) is -0.707. The van der Waals surface area contributed by atoms with Crippen molar-refractivity contribution in [3.63, 3.8) is 0 Å². The van der Waals surface area contributed by atoms with Crippen molar-refractivity contribution in [3.8, 4) is 5.75 Å². The van der Waals surface area contributed by atoms with Crippen LogP contribution in [-0.4, -0.2) is 86.2 Å². The van der Waals surface area contributed by atoms with Gasteiger partial charge in [-0.25, -0.2) is 4.79 Å². The maximum absolute atomic E-state index is 13.8. The second-order valence-corrected chi connectivity index (χ2v) is 8.58. The maximum atomic E-state index is 13.8. The minimum absolute atomic E-state index is 0.0220. The van der Waals surface area contributed by atoms with Crippen molar-refractivity contribution < 1.29 is 38.1 Å². The number of benzene rings is 1. The zero-order valence-corrected chi connectivity index (χ0v) is 19.1. The molecule has 0 aliphatic carbocycles. The summed E-state index contributed by atoms with van der Waals surface area (Å²) in [5.41, 5.74) is -1.84. The molecule has 10 heteroatoms. The average Bonchev–Trinajstić information content (AvgIpc) is 2.76. The third-order valence-corrected chi connectivity index (χ3v) is 5.25. The Hall–Kier alpha value is -2.85. The molecule has 2 fully saturated rings. The highest BCUT2D eigenvalue weighted by Crippen LogP contribution is 2.38. The summed E-state index contributed by atoms with van der Waals surface area (Å²) in [4.78, 5) is 41.8. The number of amides is 2. The van der Waals surface area contributed by atoms with Crippen molar-refractivity contribution >= 4 is 18.0 Å². The lowest BCUT2D eigenvalue weighted by Crippen LogP contribution is -2.73. The second kappa shape index (κ2) is 9.33. The fourth-order valence-corrected chi connectivity index (χ4v) is 3.76. The lowest BCUT2D eigenvalue weighted by Gasteiger charge is -2.52. The Bertz CT molecular complexity index is 860. The van der Waals surface area contributed by atoms with Gasteiger partial charge >= 0.3 is 12.1 Å². The Morgan fingerprint density at radius 3 is 2.56 bits per heavy atom. The number of piperazine rings is 1. The van der Waals surface area contributed by atoms with Crippen LogP contribution in [0.25, 0.3) is 0 Å². The summed E-state index contributed by atoms with van der Waals surface area (Å²) in [5.74, 6) is -0.592. The summed E-state index contributed by atoms with van der Waals surface area (Å²) in [6.45, 7) is 5.15. The standard InChI is InChI=1S/C22H30N2O8/c1-21(2,3)32-20(27)24-12-17(15-7-6-8-16(11-15)28-4)23(13-18(25)29-5)19(26)22(24)14-30-9-10-31-22/h6-8,11,17H,9-10,12-14H2,1-5H3. The first-order chi connectivity index (χ1) is 15.1. The van der Waals surface area contributed by atoms with Gasteiger partial charge in [-0.15, -0.1) is 0 Å². The molecular formula is C22H30N2O8. The van der Waals surface area contributed by atoms with Crippen LogP contribution in [0.3, 0.4) is 0 Å².